The van der Waals surface area contributed by atoms with Crippen LogP contribution in [0.1, 0.15) is 39.5 Å². The van der Waals surface area contributed by atoms with Crippen LogP contribution < -0.4 is 0 Å². The van der Waals surface area contributed by atoms with Crippen LogP contribution in [0.3, 0.4) is 0 Å². The standard InChI is InChI=1S/C15H24O3/c1-9-5-6-11-10(2)8-15(3,17)13(12(11)7-9)14(16)18-4/h9,11-13,17H,2,5-8H2,1,3-4H3/t9-,11+,12-,13-,15-/m1/s1. The normalized spacial score (nSPS) is 44.3. The summed E-state index contributed by atoms with van der Waals surface area (Å²) in [7, 11) is 1.41. The van der Waals surface area contributed by atoms with Crippen molar-refractivity contribution in [3.63, 3.8) is 0 Å². The van der Waals surface area contributed by atoms with E-state index >= 15 is 0 Å². The van der Waals surface area contributed by atoms with Gasteiger partial charge in [0.25, 0.3) is 0 Å². The van der Waals surface area contributed by atoms with E-state index in [0.717, 1.165) is 18.4 Å². The van der Waals surface area contributed by atoms with E-state index in [9.17, 15) is 9.90 Å². The lowest BCUT2D eigenvalue weighted by atomic mass is 9.57. The molecule has 0 spiro atoms. The fourth-order valence-corrected chi connectivity index (χ4v) is 4.02. The van der Waals surface area contributed by atoms with Crippen LogP contribution in [-0.4, -0.2) is 23.8 Å². The van der Waals surface area contributed by atoms with Crippen molar-refractivity contribution in [1.29, 1.82) is 0 Å². The third kappa shape index (κ3) is 2.20. The maximum Gasteiger partial charge on any atom is 0.311 e. The number of hydrogen-bond donors (Lipinski definition) is 1. The molecule has 0 aliphatic heterocycles. The highest BCUT2D eigenvalue weighted by molar-refractivity contribution is 5.74. The van der Waals surface area contributed by atoms with Gasteiger partial charge in [-0.05, 0) is 43.9 Å². The molecule has 5 atom stereocenters. The molecular formula is C15H24O3. The first-order chi connectivity index (χ1) is 8.36. The van der Waals surface area contributed by atoms with Crippen LogP contribution in [0, 0.1) is 23.7 Å². The van der Waals surface area contributed by atoms with Crippen molar-refractivity contribution >= 4 is 5.97 Å². The molecule has 0 unspecified atom stereocenters. The van der Waals surface area contributed by atoms with E-state index < -0.39 is 11.5 Å². The smallest absolute Gasteiger partial charge is 0.311 e. The number of hydrogen-bond acceptors (Lipinski definition) is 3. The fraction of sp³-hybridized carbons (Fsp3) is 0.800. The van der Waals surface area contributed by atoms with Gasteiger partial charge >= 0.3 is 5.97 Å². The van der Waals surface area contributed by atoms with Crippen molar-refractivity contribution in [3.05, 3.63) is 12.2 Å². The number of rotatable bonds is 1. The van der Waals surface area contributed by atoms with Gasteiger partial charge in [-0.2, -0.15) is 0 Å². The average Bonchev–Trinajstić information content (AvgIpc) is 2.26. The minimum atomic E-state index is -1.01. The predicted molar refractivity (Wildman–Crippen MR) is 69.9 cm³/mol. The van der Waals surface area contributed by atoms with Gasteiger partial charge in [0.1, 0.15) is 0 Å². The van der Waals surface area contributed by atoms with Crippen LogP contribution in [-0.2, 0) is 9.53 Å². The lowest BCUT2D eigenvalue weighted by Gasteiger charge is -2.49. The molecule has 0 bridgehead atoms. The third-order valence-electron chi connectivity index (χ3n) is 4.82. The zero-order valence-electron chi connectivity index (χ0n) is 11.6. The summed E-state index contributed by atoms with van der Waals surface area (Å²) >= 11 is 0. The van der Waals surface area contributed by atoms with Gasteiger partial charge in [-0.1, -0.05) is 25.5 Å². The molecule has 2 saturated carbocycles. The van der Waals surface area contributed by atoms with Crippen molar-refractivity contribution in [2.45, 2.75) is 45.1 Å². The second kappa shape index (κ2) is 4.69. The summed E-state index contributed by atoms with van der Waals surface area (Å²) in [6, 6.07) is 0. The van der Waals surface area contributed by atoms with E-state index in [2.05, 4.69) is 13.5 Å². The Balaban J connectivity index is 2.33. The van der Waals surface area contributed by atoms with Crippen molar-refractivity contribution < 1.29 is 14.6 Å². The predicted octanol–water partition coefficient (Wildman–Crippen LogP) is 2.54. The van der Waals surface area contributed by atoms with Gasteiger partial charge in [-0.3, -0.25) is 4.79 Å². The fourth-order valence-electron chi connectivity index (χ4n) is 4.02. The summed E-state index contributed by atoms with van der Waals surface area (Å²) in [5, 5.41) is 10.6. The van der Waals surface area contributed by atoms with E-state index in [1.54, 1.807) is 6.92 Å². The number of carbonyl (C=O) groups excluding carboxylic acids is 1. The first kappa shape index (κ1) is 13.6. The molecule has 0 radical (unpaired) electrons. The summed E-state index contributed by atoms with van der Waals surface area (Å²) in [6.45, 7) is 8.09. The van der Waals surface area contributed by atoms with Crippen LogP contribution in [0.15, 0.2) is 12.2 Å². The Morgan fingerprint density at radius 2 is 2.17 bits per heavy atom. The van der Waals surface area contributed by atoms with E-state index in [0.29, 0.717) is 18.3 Å². The number of carbonyl (C=O) groups is 1. The summed E-state index contributed by atoms with van der Waals surface area (Å²) in [6.07, 6.45) is 3.78. The maximum absolute atomic E-state index is 12.0. The summed E-state index contributed by atoms with van der Waals surface area (Å²) in [5.41, 5.74) is 0.0969. The van der Waals surface area contributed by atoms with Crippen molar-refractivity contribution in [2.75, 3.05) is 7.11 Å². The first-order valence-corrected chi connectivity index (χ1v) is 6.84. The molecule has 2 rings (SSSR count). The molecule has 2 aliphatic rings. The number of ether oxygens (including phenoxy) is 1. The zero-order chi connectivity index (χ0) is 13.5. The Bertz CT molecular complexity index is 359. The molecule has 18 heavy (non-hydrogen) atoms. The Morgan fingerprint density at radius 3 is 2.78 bits per heavy atom. The Kier molecular flexibility index (Phi) is 3.54. The Morgan fingerprint density at radius 1 is 1.50 bits per heavy atom. The molecule has 3 heteroatoms. The number of esters is 1. The molecule has 2 aliphatic carbocycles. The molecule has 0 aromatic heterocycles. The van der Waals surface area contributed by atoms with Gasteiger partial charge in [-0.25, -0.2) is 0 Å². The lowest BCUT2D eigenvalue weighted by Crippen LogP contribution is -2.52. The quantitative estimate of drug-likeness (QED) is 0.576. The summed E-state index contributed by atoms with van der Waals surface area (Å²) in [5.74, 6) is 0.514. The molecule has 0 saturated heterocycles. The second-order valence-corrected chi connectivity index (χ2v) is 6.38. The van der Waals surface area contributed by atoms with Gasteiger partial charge in [0.05, 0.1) is 18.6 Å². The van der Waals surface area contributed by atoms with Crippen molar-refractivity contribution in [2.24, 2.45) is 23.7 Å². The minimum absolute atomic E-state index is 0.192. The number of fused-ring (bicyclic) bond motifs is 1. The van der Waals surface area contributed by atoms with Gasteiger partial charge in [-0.15, -0.1) is 0 Å². The highest BCUT2D eigenvalue weighted by Gasteiger charge is 2.52. The lowest BCUT2D eigenvalue weighted by molar-refractivity contribution is -0.165. The van der Waals surface area contributed by atoms with Crippen molar-refractivity contribution in [1.82, 2.24) is 0 Å². The Labute approximate surface area is 109 Å². The van der Waals surface area contributed by atoms with Gasteiger partial charge in [0, 0.05) is 0 Å². The minimum Gasteiger partial charge on any atom is -0.469 e. The molecule has 2 fully saturated rings. The van der Waals surface area contributed by atoms with Gasteiger partial charge in [0.15, 0.2) is 0 Å². The van der Waals surface area contributed by atoms with Crippen LogP contribution in [0.2, 0.25) is 0 Å². The molecule has 0 heterocycles. The van der Waals surface area contributed by atoms with Gasteiger partial charge in [0.2, 0.25) is 0 Å². The maximum atomic E-state index is 12.0. The highest BCUT2D eigenvalue weighted by atomic mass is 16.5. The molecule has 102 valence electrons. The van der Waals surface area contributed by atoms with Crippen LogP contribution in [0.25, 0.3) is 0 Å². The second-order valence-electron chi connectivity index (χ2n) is 6.38. The van der Waals surface area contributed by atoms with E-state index in [4.69, 9.17) is 4.74 Å². The molecule has 0 aromatic rings. The van der Waals surface area contributed by atoms with E-state index in [1.165, 1.54) is 13.5 Å². The average molecular weight is 252 g/mol. The number of aliphatic hydroxyl groups is 1. The topological polar surface area (TPSA) is 46.5 Å². The monoisotopic (exact) mass is 252 g/mol. The zero-order valence-corrected chi connectivity index (χ0v) is 11.6. The molecule has 0 aromatic carbocycles. The number of methoxy groups -OCH3 is 1. The first-order valence-electron chi connectivity index (χ1n) is 6.84. The van der Waals surface area contributed by atoms with Crippen LogP contribution in [0.4, 0.5) is 0 Å². The summed E-state index contributed by atoms with van der Waals surface area (Å²) < 4.78 is 4.92. The van der Waals surface area contributed by atoms with E-state index in [-0.39, 0.29) is 11.9 Å². The summed E-state index contributed by atoms with van der Waals surface area (Å²) in [4.78, 5) is 12.0. The molecule has 3 nitrogen and oxygen atoms in total. The third-order valence-corrected chi connectivity index (χ3v) is 4.82. The van der Waals surface area contributed by atoms with Crippen LogP contribution in [0.5, 0.6) is 0 Å². The molecule has 0 amide bonds. The van der Waals surface area contributed by atoms with Crippen molar-refractivity contribution in [3.8, 4) is 0 Å². The highest BCUT2D eigenvalue weighted by Crippen LogP contribution is 2.51. The molecule has 1 N–H and O–H groups in total. The largest absolute Gasteiger partial charge is 0.469 e. The SMILES string of the molecule is C=C1C[C@@](C)(O)[C@@H](C(=O)OC)[C@@H]2C[C@H](C)CC[C@@H]12. The van der Waals surface area contributed by atoms with Gasteiger partial charge < -0.3 is 9.84 Å². The van der Waals surface area contributed by atoms with Crippen LogP contribution >= 0.6 is 0 Å². The Hall–Kier alpha value is -0.830. The molecular weight excluding hydrogens is 228 g/mol. The van der Waals surface area contributed by atoms with E-state index in [1.807, 2.05) is 0 Å².